The van der Waals surface area contributed by atoms with E-state index in [1.165, 1.54) is 31.4 Å². The van der Waals surface area contributed by atoms with E-state index in [0.29, 0.717) is 0 Å². The van der Waals surface area contributed by atoms with Crippen LogP contribution in [-0.4, -0.2) is 36.8 Å². The van der Waals surface area contributed by atoms with Crippen LogP contribution in [0.25, 0.3) is 0 Å². The summed E-state index contributed by atoms with van der Waals surface area (Å²) in [4.78, 5) is 2.65. The highest BCUT2D eigenvalue weighted by Gasteiger charge is 2.31. The quantitative estimate of drug-likeness (QED) is 0.767. The Bertz CT molecular complexity index is 450. The lowest BCUT2D eigenvalue weighted by Gasteiger charge is -2.25. The van der Waals surface area contributed by atoms with Gasteiger partial charge in [0.15, 0.2) is 0 Å². The fourth-order valence-electron chi connectivity index (χ4n) is 3.07. The highest BCUT2D eigenvalue weighted by molar-refractivity contribution is 5.28. The van der Waals surface area contributed by atoms with E-state index in [2.05, 4.69) is 43.0 Å². The molecule has 0 bridgehead atoms. The van der Waals surface area contributed by atoms with Crippen LogP contribution in [0.2, 0.25) is 0 Å². The van der Waals surface area contributed by atoms with Crippen LogP contribution in [0.4, 0.5) is 0 Å². The summed E-state index contributed by atoms with van der Waals surface area (Å²) in [6, 6.07) is 9.36. The van der Waals surface area contributed by atoms with Gasteiger partial charge in [-0.3, -0.25) is 4.90 Å². The van der Waals surface area contributed by atoms with Gasteiger partial charge in [0.05, 0.1) is 12.7 Å². The summed E-state index contributed by atoms with van der Waals surface area (Å²) >= 11 is 0. The van der Waals surface area contributed by atoms with Crippen molar-refractivity contribution in [2.24, 2.45) is 5.92 Å². The topological polar surface area (TPSA) is 21.7 Å². The fraction of sp³-hybridized carbons (Fsp3) is 0.667. The molecule has 0 aromatic heterocycles. The molecule has 1 saturated carbocycles. The molecule has 1 aromatic carbocycles. The molecule has 0 radical (unpaired) electrons. The van der Waals surface area contributed by atoms with Gasteiger partial charge in [0.2, 0.25) is 0 Å². The molecule has 21 heavy (non-hydrogen) atoms. The lowest BCUT2D eigenvalue weighted by molar-refractivity contribution is 0.161. The predicted molar refractivity (Wildman–Crippen MR) is 84.6 cm³/mol. The lowest BCUT2D eigenvalue weighted by atomic mass is 10.1. The molecule has 1 saturated heterocycles. The highest BCUT2D eigenvalue weighted by Crippen LogP contribution is 2.30. The third-order valence-electron chi connectivity index (χ3n) is 4.24. The van der Waals surface area contributed by atoms with Crippen LogP contribution in [0, 0.1) is 5.92 Å². The van der Waals surface area contributed by atoms with Crippen molar-refractivity contribution in [3.8, 4) is 5.75 Å². The summed E-state index contributed by atoms with van der Waals surface area (Å²) in [7, 11) is 0. The van der Waals surface area contributed by atoms with Crippen molar-refractivity contribution >= 4 is 0 Å². The van der Waals surface area contributed by atoms with E-state index in [4.69, 9.17) is 9.47 Å². The number of hydrogen-bond donors (Lipinski definition) is 0. The van der Waals surface area contributed by atoms with Crippen molar-refractivity contribution in [2.75, 3.05) is 19.8 Å². The van der Waals surface area contributed by atoms with Crippen LogP contribution in [-0.2, 0) is 11.3 Å². The van der Waals surface area contributed by atoms with Crippen molar-refractivity contribution in [1.82, 2.24) is 4.90 Å². The van der Waals surface area contributed by atoms with Crippen molar-refractivity contribution in [1.29, 1.82) is 0 Å². The van der Waals surface area contributed by atoms with Gasteiger partial charge in [-0.15, -0.1) is 0 Å². The molecule has 0 N–H and O–H groups in total. The SMILES string of the molecule is CC(C)Oc1cccc(CN(C[C@H]2CCOC2)C2CC2)c1. The molecule has 0 amide bonds. The normalized spacial score (nSPS) is 22.2. The second-order valence-electron chi connectivity index (χ2n) is 6.70. The molecular formula is C18H27NO2. The molecule has 1 atom stereocenters. The van der Waals surface area contributed by atoms with E-state index >= 15 is 0 Å². The summed E-state index contributed by atoms with van der Waals surface area (Å²) in [5.41, 5.74) is 1.36. The molecule has 1 heterocycles. The van der Waals surface area contributed by atoms with E-state index in [0.717, 1.165) is 37.5 Å². The first-order valence-electron chi connectivity index (χ1n) is 8.28. The lowest BCUT2D eigenvalue weighted by Crippen LogP contribution is -2.31. The van der Waals surface area contributed by atoms with Crippen molar-refractivity contribution in [3.05, 3.63) is 29.8 Å². The van der Waals surface area contributed by atoms with Crippen LogP contribution in [0.3, 0.4) is 0 Å². The van der Waals surface area contributed by atoms with Crippen molar-refractivity contribution in [3.63, 3.8) is 0 Å². The van der Waals surface area contributed by atoms with Crippen LogP contribution in [0.1, 0.15) is 38.7 Å². The smallest absolute Gasteiger partial charge is 0.120 e. The molecule has 0 spiro atoms. The minimum Gasteiger partial charge on any atom is -0.491 e. The second-order valence-corrected chi connectivity index (χ2v) is 6.70. The Morgan fingerprint density at radius 3 is 2.81 bits per heavy atom. The zero-order valence-corrected chi connectivity index (χ0v) is 13.3. The molecular weight excluding hydrogens is 262 g/mol. The summed E-state index contributed by atoms with van der Waals surface area (Å²) in [5, 5.41) is 0. The zero-order valence-electron chi connectivity index (χ0n) is 13.3. The van der Waals surface area contributed by atoms with Crippen LogP contribution in [0.5, 0.6) is 5.75 Å². The van der Waals surface area contributed by atoms with Gasteiger partial charge in [-0.2, -0.15) is 0 Å². The Morgan fingerprint density at radius 2 is 2.14 bits per heavy atom. The molecule has 116 valence electrons. The Labute approximate surface area is 128 Å². The molecule has 2 fully saturated rings. The van der Waals surface area contributed by atoms with Gasteiger partial charge in [0.1, 0.15) is 5.75 Å². The van der Waals surface area contributed by atoms with E-state index in [1.54, 1.807) is 0 Å². The summed E-state index contributed by atoms with van der Waals surface area (Å²) in [6.45, 7) is 8.25. The maximum atomic E-state index is 5.81. The Hall–Kier alpha value is -1.06. The number of rotatable bonds is 7. The minimum absolute atomic E-state index is 0.232. The first-order chi connectivity index (χ1) is 10.2. The van der Waals surface area contributed by atoms with Gasteiger partial charge in [-0.1, -0.05) is 12.1 Å². The van der Waals surface area contributed by atoms with Crippen LogP contribution < -0.4 is 4.74 Å². The molecule has 3 nitrogen and oxygen atoms in total. The monoisotopic (exact) mass is 289 g/mol. The van der Waals surface area contributed by atoms with Gasteiger partial charge in [-0.25, -0.2) is 0 Å². The van der Waals surface area contributed by atoms with Crippen molar-refractivity contribution in [2.45, 2.75) is 51.8 Å². The second kappa shape index (κ2) is 6.80. The molecule has 3 heteroatoms. The standard InChI is InChI=1S/C18H27NO2/c1-14(2)21-18-5-3-4-15(10-18)11-19(17-6-7-17)12-16-8-9-20-13-16/h3-5,10,14,16-17H,6-9,11-13H2,1-2H3/t16-/m1/s1. The summed E-state index contributed by atoms with van der Waals surface area (Å²) < 4.78 is 11.3. The van der Waals surface area contributed by atoms with Crippen molar-refractivity contribution < 1.29 is 9.47 Å². The molecule has 0 unspecified atom stereocenters. The first-order valence-corrected chi connectivity index (χ1v) is 8.28. The van der Waals surface area contributed by atoms with E-state index in [-0.39, 0.29) is 6.10 Å². The number of hydrogen-bond acceptors (Lipinski definition) is 3. The third kappa shape index (κ3) is 4.45. The van der Waals surface area contributed by atoms with E-state index < -0.39 is 0 Å². The molecule has 1 aliphatic heterocycles. The molecule has 1 aliphatic carbocycles. The maximum Gasteiger partial charge on any atom is 0.120 e. The van der Waals surface area contributed by atoms with E-state index in [1.807, 2.05) is 0 Å². The number of benzene rings is 1. The Morgan fingerprint density at radius 1 is 1.29 bits per heavy atom. The Balaban J connectivity index is 1.61. The van der Waals surface area contributed by atoms with Crippen LogP contribution in [0.15, 0.2) is 24.3 Å². The molecule has 1 aromatic rings. The number of ether oxygens (including phenoxy) is 2. The third-order valence-corrected chi connectivity index (χ3v) is 4.24. The zero-order chi connectivity index (χ0) is 14.7. The first kappa shape index (κ1) is 14.9. The van der Waals surface area contributed by atoms with Gasteiger partial charge in [-0.05, 0) is 56.7 Å². The largest absolute Gasteiger partial charge is 0.491 e. The number of nitrogens with zero attached hydrogens (tertiary/aromatic N) is 1. The average Bonchev–Trinajstić information content (AvgIpc) is 3.16. The Kier molecular flexibility index (Phi) is 4.81. The van der Waals surface area contributed by atoms with E-state index in [9.17, 15) is 0 Å². The highest BCUT2D eigenvalue weighted by atomic mass is 16.5. The molecule has 3 rings (SSSR count). The minimum atomic E-state index is 0.232. The summed E-state index contributed by atoms with van der Waals surface area (Å²) in [6.07, 6.45) is 4.17. The van der Waals surface area contributed by atoms with Gasteiger partial charge >= 0.3 is 0 Å². The van der Waals surface area contributed by atoms with Gasteiger partial charge in [0.25, 0.3) is 0 Å². The summed E-state index contributed by atoms with van der Waals surface area (Å²) in [5.74, 6) is 1.71. The predicted octanol–water partition coefficient (Wildman–Crippen LogP) is 3.47. The average molecular weight is 289 g/mol. The maximum absolute atomic E-state index is 5.81. The van der Waals surface area contributed by atoms with Gasteiger partial charge in [0, 0.05) is 25.7 Å². The fourth-order valence-corrected chi connectivity index (χ4v) is 3.07. The van der Waals surface area contributed by atoms with Crippen LogP contribution >= 0.6 is 0 Å². The van der Waals surface area contributed by atoms with Gasteiger partial charge < -0.3 is 9.47 Å². The molecule has 2 aliphatic rings.